The van der Waals surface area contributed by atoms with Gasteiger partial charge in [0.1, 0.15) is 12.4 Å². The molecule has 2 aromatic rings. The fourth-order valence-corrected chi connectivity index (χ4v) is 2.37. The Kier molecular flexibility index (Phi) is 4.44. The predicted molar refractivity (Wildman–Crippen MR) is 89.4 cm³/mol. The molecule has 0 amide bonds. The molecule has 0 atom stereocenters. The molecule has 4 nitrogen and oxygen atoms in total. The number of benzene rings is 2. The Hall–Kier alpha value is -2.59. The van der Waals surface area contributed by atoms with E-state index in [-0.39, 0.29) is 0 Å². The van der Waals surface area contributed by atoms with Crippen LogP contribution in [0.5, 0.6) is 5.75 Å². The van der Waals surface area contributed by atoms with Gasteiger partial charge in [-0.25, -0.2) is 4.79 Å². The molecule has 0 unspecified atom stereocenters. The molecule has 1 aliphatic rings. The number of hydrogen-bond acceptors (Lipinski definition) is 4. The monoisotopic (exact) mass is 327 g/mol. The molecule has 2 aromatic carbocycles. The zero-order chi connectivity index (χ0) is 16.2. The lowest BCUT2D eigenvalue weighted by molar-refractivity contribution is -0.136. The largest absolute Gasteiger partial charge is 0.488 e. The number of hydrogen-bond donors (Lipinski definition) is 0. The van der Waals surface area contributed by atoms with Gasteiger partial charge in [0.25, 0.3) is 0 Å². The average Bonchev–Trinajstić information content (AvgIpc) is 2.87. The van der Waals surface area contributed by atoms with Gasteiger partial charge in [-0.2, -0.15) is 0 Å². The maximum Gasteiger partial charge on any atom is 0.367 e. The summed E-state index contributed by atoms with van der Waals surface area (Å²) in [6, 6.07) is 15.0. The van der Waals surface area contributed by atoms with Crippen LogP contribution in [0, 0.1) is 0 Å². The Balaban J connectivity index is 1.84. The highest BCUT2D eigenvalue weighted by Gasteiger charge is 2.22. The van der Waals surface area contributed by atoms with Gasteiger partial charge in [-0.1, -0.05) is 53.2 Å². The molecular formula is C18H14ClNO3. The minimum atomic E-state index is -0.455. The number of ether oxygens (including phenoxy) is 1. The maximum absolute atomic E-state index is 11.7. The van der Waals surface area contributed by atoms with Crippen molar-refractivity contribution < 1.29 is 14.4 Å². The number of oxime groups is 1. The van der Waals surface area contributed by atoms with E-state index in [1.807, 2.05) is 48.5 Å². The number of para-hydroxylation sites is 1. The van der Waals surface area contributed by atoms with E-state index in [1.54, 1.807) is 13.0 Å². The molecule has 0 spiro atoms. The van der Waals surface area contributed by atoms with Gasteiger partial charge in [0, 0.05) is 16.1 Å². The predicted octanol–water partition coefficient (Wildman–Crippen LogP) is 4.24. The Morgan fingerprint density at radius 2 is 1.91 bits per heavy atom. The highest BCUT2D eigenvalue weighted by molar-refractivity contribution is 6.31. The summed E-state index contributed by atoms with van der Waals surface area (Å²) in [7, 11) is 0. The van der Waals surface area contributed by atoms with Gasteiger partial charge in [-0.15, -0.1) is 0 Å². The molecule has 3 rings (SSSR count). The lowest BCUT2D eigenvalue weighted by Crippen LogP contribution is -2.03. The summed E-state index contributed by atoms with van der Waals surface area (Å²) in [6.45, 7) is 2.07. The third-order valence-electron chi connectivity index (χ3n) is 3.44. The standard InChI is InChI=1S/C18H14ClNO3/c1-12-15(18(21)23-20-12)10-13-6-3-5-9-17(13)22-11-14-7-2-4-8-16(14)19/h2-10H,11H2,1H3. The molecule has 1 heterocycles. The Morgan fingerprint density at radius 1 is 1.17 bits per heavy atom. The maximum atomic E-state index is 11.7. The lowest BCUT2D eigenvalue weighted by atomic mass is 10.1. The van der Waals surface area contributed by atoms with Crippen molar-refractivity contribution in [3.63, 3.8) is 0 Å². The van der Waals surface area contributed by atoms with Crippen molar-refractivity contribution >= 4 is 29.4 Å². The van der Waals surface area contributed by atoms with Crippen molar-refractivity contribution in [3.05, 3.63) is 70.3 Å². The van der Waals surface area contributed by atoms with Crippen LogP contribution in [0.2, 0.25) is 5.02 Å². The molecule has 1 aliphatic heterocycles. The molecule has 0 radical (unpaired) electrons. The molecule has 23 heavy (non-hydrogen) atoms. The molecule has 116 valence electrons. The van der Waals surface area contributed by atoms with E-state index < -0.39 is 5.97 Å². The molecule has 5 heteroatoms. The molecule has 0 aliphatic carbocycles. The second kappa shape index (κ2) is 6.67. The fraction of sp³-hybridized carbons (Fsp3) is 0.111. The summed E-state index contributed by atoms with van der Waals surface area (Å²) in [6.07, 6.45) is 1.72. The highest BCUT2D eigenvalue weighted by Crippen LogP contribution is 2.25. The van der Waals surface area contributed by atoms with Gasteiger partial charge < -0.3 is 9.57 Å². The van der Waals surface area contributed by atoms with Gasteiger partial charge in [0.2, 0.25) is 0 Å². The van der Waals surface area contributed by atoms with Crippen LogP contribution in [-0.2, 0) is 16.2 Å². The van der Waals surface area contributed by atoms with Crippen molar-refractivity contribution in [2.75, 3.05) is 0 Å². The Labute approximate surface area is 139 Å². The highest BCUT2D eigenvalue weighted by atomic mass is 35.5. The van der Waals surface area contributed by atoms with Crippen LogP contribution in [0.25, 0.3) is 6.08 Å². The Bertz CT molecular complexity index is 811. The van der Waals surface area contributed by atoms with Gasteiger partial charge in [-0.05, 0) is 25.1 Å². The van der Waals surface area contributed by atoms with Gasteiger partial charge in [0.15, 0.2) is 0 Å². The zero-order valence-corrected chi connectivity index (χ0v) is 13.2. The smallest absolute Gasteiger partial charge is 0.367 e. The minimum absolute atomic E-state index is 0.345. The number of carbonyl (C=O) groups excluding carboxylic acids is 1. The topological polar surface area (TPSA) is 47.9 Å². The molecule has 0 aromatic heterocycles. The van der Waals surface area contributed by atoms with Gasteiger partial charge >= 0.3 is 5.97 Å². The molecule has 0 N–H and O–H groups in total. The molecule has 0 saturated heterocycles. The second-order valence-electron chi connectivity index (χ2n) is 5.03. The van der Waals surface area contributed by atoms with Crippen LogP contribution in [0.15, 0.2) is 59.3 Å². The van der Waals surface area contributed by atoms with E-state index in [0.29, 0.717) is 28.7 Å². The van der Waals surface area contributed by atoms with E-state index in [1.165, 1.54) is 0 Å². The quantitative estimate of drug-likeness (QED) is 0.623. The number of rotatable bonds is 4. The SMILES string of the molecule is CC1=NOC(=O)C1=Cc1ccccc1OCc1ccccc1Cl. The summed E-state index contributed by atoms with van der Waals surface area (Å²) in [5, 5.41) is 4.33. The lowest BCUT2D eigenvalue weighted by Gasteiger charge is -2.10. The van der Waals surface area contributed by atoms with E-state index in [0.717, 1.165) is 11.1 Å². The van der Waals surface area contributed by atoms with E-state index in [2.05, 4.69) is 9.99 Å². The molecule has 0 saturated carbocycles. The summed E-state index contributed by atoms with van der Waals surface area (Å²) < 4.78 is 5.86. The second-order valence-corrected chi connectivity index (χ2v) is 5.44. The number of carbonyl (C=O) groups is 1. The van der Waals surface area contributed by atoms with Gasteiger partial charge in [-0.3, -0.25) is 0 Å². The molecule has 0 bridgehead atoms. The average molecular weight is 328 g/mol. The van der Waals surface area contributed by atoms with Crippen LogP contribution in [0.4, 0.5) is 0 Å². The van der Waals surface area contributed by atoms with E-state index >= 15 is 0 Å². The minimum Gasteiger partial charge on any atom is -0.488 e. The fourth-order valence-electron chi connectivity index (χ4n) is 2.18. The first-order valence-electron chi connectivity index (χ1n) is 7.08. The molecular weight excluding hydrogens is 314 g/mol. The van der Waals surface area contributed by atoms with Crippen molar-refractivity contribution in [1.29, 1.82) is 0 Å². The summed E-state index contributed by atoms with van der Waals surface area (Å²) in [4.78, 5) is 16.3. The van der Waals surface area contributed by atoms with Crippen molar-refractivity contribution in [1.82, 2.24) is 0 Å². The number of halogens is 1. The van der Waals surface area contributed by atoms with Crippen molar-refractivity contribution in [2.24, 2.45) is 5.16 Å². The van der Waals surface area contributed by atoms with Crippen molar-refractivity contribution in [2.45, 2.75) is 13.5 Å². The number of nitrogens with zero attached hydrogens (tertiary/aromatic N) is 1. The molecule has 0 fully saturated rings. The van der Waals surface area contributed by atoms with Crippen LogP contribution in [0.1, 0.15) is 18.1 Å². The summed E-state index contributed by atoms with van der Waals surface area (Å²) >= 11 is 6.14. The summed E-state index contributed by atoms with van der Waals surface area (Å²) in [5.74, 6) is 0.204. The third kappa shape index (κ3) is 3.43. The third-order valence-corrected chi connectivity index (χ3v) is 3.80. The first kappa shape index (κ1) is 15.3. The van der Waals surface area contributed by atoms with E-state index in [4.69, 9.17) is 16.3 Å². The van der Waals surface area contributed by atoms with Crippen LogP contribution >= 0.6 is 11.6 Å². The van der Waals surface area contributed by atoms with Crippen LogP contribution < -0.4 is 4.74 Å². The normalized spacial score (nSPS) is 15.5. The van der Waals surface area contributed by atoms with Gasteiger partial charge in [0.05, 0.1) is 11.3 Å². The van der Waals surface area contributed by atoms with E-state index in [9.17, 15) is 4.79 Å². The first-order valence-corrected chi connectivity index (χ1v) is 7.46. The summed E-state index contributed by atoms with van der Waals surface area (Å²) in [5.41, 5.74) is 2.66. The van der Waals surface area contributed by atoms with Crippen LogP contribution in [-0.4, -0.2) is 11.7 Å². The Morgan fingerprint density at radius 3 is 2.65 bits per heavy atom. The zero-order valence-electron chi connectivity index (χ0n) is 12.5. The van der Waals surface area contributed by atoms with Crippen molar-refractivity contribution in [3.8, 4) is 5.75 Å². The van der Waals surface area contributed by atoms with Crippen LogP contribution in [0.3, 0.4) is 0 Å². The first-order chi connectivity index (χ1) is 11.1.